The molecule has 2 atom stereocenters. The Kier molecular flexibility index (Phi) is 12.6. The van der Waals surface area contributed by atoms with Crippen molar-refractivity contribution >= 4 is 18.1 Å². The Morgan fingerprint density at radius 3 is 2.32 bits per heavy atom. The maximum atomic E-state index is 14.9. The van der Waals surface area contributed by atoms with Crippen molar-refractivity contribution in [3.8, 4) is 17.1 Å². The van der Waals surface area contributed by atoms with E-state index in [1.165, 1.54) is 17.0 Å². The summed E-state index contributed by atoms with van der Waals surface area (Å²) in [5.41, 5.74) is -2.82. The molecule has 1 aromatic carbocycles. The van der Waals surface area contributed by atoms with Crippen LogP contribution in [-0.4, -0.2) is 63.7 Å². The summed E-state index contributed by atoms with van der Waals surface area (Å²) in [6.45, 7) is 11.7. The summed E-state index contributed by atoms with van der Waals surface area (Å²) < 4.78 is 78.3. The largest absolute Gasteiger partial charge is 0.493 e. The highest BCUT2D eigenvalue weighted by Crippen LogP contribution is 2.39. The van der Waals surface area contributed by atoms with Crippen LogP contribution in [0.1, 0.15) is 111 Å². The minimum Gasteiger partial charge on any atom is -0.493 e. The number of amides is 2. The monoisotopic (exact) mass is 671 g/mol. The van der Waals surface area contributed by atoms with Crippen molar-refractivity contribution in [1.29, 1.82) is 0 Å². The minimum atomic E-state index is -4.72. The first-order valence-electron chi connectivity index (χ1n) is 15.8. The fraction of sp³-hybridized carbons (Fsp3) is 0.656. The average Bonchev–Trinajstić information content (AvgIpc) is 3.56. The predicted octanol–water partition coefficient (Wildman–Crippen LogP) is 8.40. The third-order valence-corrected chi connectivity index (χ3v) is 6.75. The Labute approximate surface area is 272 Å². The van der Waals surface area contributed by atoms with E-state index in [-0.39, 0.29) is 48.6 Å². The van der Waals surface area contributed by atoms with Gasteiger partial charge in [0.15, 0.2) is 0 Å². The highest BCUT2D eigenvalue weighted by Gasteiger charge is 2.41. The molecule has 0 spiro atoms. The second-order valence-electron chi connectivity index (χ2n) is 13.3. The second-order valence-corrected chi connectivity index (χ2v) is 13.3. The van der Waals surface area contributed by atoms with E-state index in [1.54, 1.807) is 41.5 Å². The van der Waals surface area contributed by atoms with Crippen LogP contribution in [-0.2, 0) is 15.7 Å². The van der Waals surface area contributed by atoms with Gasteiger partial charge in [-0.3, -0.25) is 5.32 Å². The van der Waals surface area contributed by atoms with Gasteiger partial charge >= 0.3 is 18.4 Å². The Bertz CT molecular complexity index is 1380. The van der Waals surface area contributed by atoms with Crippen molar-refractivity contribution in [1.82, 2.24) is 20.4 Å². The molecule has 0 saturated carbocycles. The fourth-order valence-electron chi connectivity index (χ4n) is 4.75. The quantitative estimate of drug-likeness (QED) is 0.115. The van der Waals surface area contributed by atoms with Crippen LogP contribution in [0.4, 0.5) is 27.2 Å². The zero-order valence-electron chi connectivity index (χ0n) is 28.0. The lowest BCUT2D eigenvalue weighted by Gasteiger charge is -2.27. The Morgan fingerprint density at radius 2 is 1.68 bits per heavy atom. The van der Waals surface area contributed by atoms with Crippen LogP contribution in [0.5, 0.6) is 5.75 Å². The van der Waals surface area contributed by atoms with Crippen LogP contribution < -0.4 is 10.1 Å². The van der Waals surface area contributed by atoms with E-state index in [0.29, 0.717) is 6.42 Å². The van der Waals surface area contributed by atoms with Crippen molar-refractivity contribution in [3.05, 3.63) is 29.7 Å². The van der Waals surface area contributed by atoms with Gasteiger partial charge in [-0.15, -0.1) is 4.99 Å². The third kappa shape index (κ3) is 12.0. The third-order valence-electron chi connectivity index (χ3n) is 6.75. The molecule has 1 N–H and O–H groups in total. The van der Waals surface area contributed by atoms with Gasteiger partial charge in [0, 0.05) is 12.0 Å². The Balaban J connectivity index is 1.86. The van der Waals surface area contributed by atoms with Crippen molar-refractivity contribution in [2.75, 3.05) is 13.2 Å². The van der Waals surface area contributed by atoms with Crippen molar-refractivity contribution in [3.63, 3.8) is 0 Å². The molecule has 1 saturated heterocycles. The summed E-state index contributed by atoms with van der Waals surface area (Å²) in [4.78, 5) is 34.6. The molecule has 3 rings (SSSR count). The van der Waals surface area contributed by atoms with E-state index in [4.69, 9.17) is 18.7 Å². The van der Waals surface area contributed by atoms with Crippen LogP contribution in [0.15, 0.2) is 27.7 Å². The van der Waals surface area contributed by atoms with E-state index in [2.05, 4.69) is 27.4 Å². The molecule has 2 aromatic rings. The summed E-state index contributed by atoms with van der Waals surface area (Å²) in [6, 6.07) is 2.42. The first-order chi connectivity index (χ1) is 21.9. The summed E-state index contributed by atoms with van der Waals surface area (Å²) in [7, 11) is 0. The maximum absolute atomic E-state index is 14.9. The van der Waals surface area contributed by atoms with Gasteiger partial charge in [-0.25, -0.2) is 14.0 Å². The molecule has 2 amide bonds. The average molecular weight is 672 g/mol. The highest BCUT2D eigenvalue weighted by atomic mass is 19.4. The number of benzene rings is 1. The van der Waals surface area contributed by atoms with Crippen LogP contribution >= 0.6 is 0 Å². The summed E-state index contributed by atoms with van der Waals surface area (Å²) in [5, 5.41) is 6.22. The number of alkyl halides is 4. The smallest absolute Gasteiger partial charge is 0.437 e. The number of rotatable bonds is 10. The summed E-state index contributed by atoms with van der Waals surface area (Å²) in [5.74, 6) is -1.04. The molecule has 0 unspecified atom stereocenters. The fourth-order valence-corrected chi connectivity index (χ4v) is 4.75. The molecule has 2 heterocycles. The van der Waals surface area contributed by atoms with Gasteiger partial charge in [0.25, 0.3) is 0 Å². The number of halogens is 4. The first kappa shape index (κ1) is 37.5. The van der Waals surface area contributed by atoms with Crippen molar-refractivity contribution in [2.45, 2.75) is 123 Å². The lowest BCUT2D eigenvalue weighted by molar-refractivity contribution is -0.138. The van der Waals surface area contributed by atoms with Crippen LogP contribution in [0.25, 0.3) is 11.4 Å². The summed E-state index contributed by atoms with van der Waals surface area (Å²) in [6.07, 6.45) is -2.64. The number of hydrogen-bond donors (Lipinski definition) is 1. The maximum Gasteiger partial charge on any atom is 0.437 e. The molecular formula is C32H45F4N5O6. The van der Waals surface area contributed by atoms with E-state index in [0.717, 1.165) is 38.2 Å². The number of hydrogen-bond acceptors (Lipinski definition) is 8. The van der Waals surface area contributed by atoms with Gasteiger partial charge in [-0.2, -0.15) is 18.2 Å². The lowest BCUT2D eigenvalue weighted by atomic mass is 10.1. The molecule has 1 fully saturated rings. The first-order valence-corrected chi connectivity index (χ1v) is 15.8. The predicted molar refractivity (Wildman–Crippen MR) is 166 cm³/mol. The van der Waals surface area contributed by atoms with Gasteiger partial charge in [0.05, 0.1) is 18.7 Å². The van der Waals surface area contributed by atoms with Crippen LogP contribution in [0.2, 0.25) is 0 Å². The number of guanidine groups is 1. The highest BCUT2D eigenvalue weighted by molar-refractivity contribution is 5.99. The molecule has 0 bridgehead atoms. The molecule has 0 radical (unpaired) electrons. The SMILES string of the molecule is CCCCCCCCOc1ccc(-c2noc([C@@H]3C[C@H](F)CN3/C(=N/C(=O)OC(C)(C)C)NC(=O)OC(C)(C)C)n2)cc1C(F)(F)F. The molecule has 1 aliphatic heterocycles. The zero-order chi connectivity index (χ0) is 35.0. The Hall–Kier alpha value is -3.91. The van der Waals surface area contributed by atoms with E-state index in [1.807, 2.05) is 0 Å². The van der Waals surface area contributed by atoms with Gasteiger partial charge < -0.3 is 23.6 Å². The van der Waals surface area contributed by atoms with Crippen molar-refractivity contribution < 1.29 is 45.9 Å². The molecular weight excluding hydrogens is 626 g/mol. The van der Waals surface area contributed by atoms with Gasteiger partial charge in [-0.05, 0) is 66.2 Å². The molecule has 1 aliphatic rings. The van der Waals surface area contributed by atoms with Gasteiger partial charge in [0.2, 0.25) is 17.7 Å². The van der Waals surface area contributed by atoms with Gasteiger partial charge in [-0.1, -0.05) is 44.2 Å². The number of unbranched alkanes of at least 4 members (excludes halogenated alkanes) is 5. The van der Waals surface area contributed by atoms with Crippen molar-refractivity contribution in [2.24, 2.45) is 4.99 Å². The Morgan fingerprint density at radius 1 is 1.02 bits per heavy atom. The molecule has 47 heavy (non-hydrogen) atoms. The topological polar surface area (TPSA) is 128 Å². The summed E-state index contributed by atoms with van der Waals surface area (Å²) >= 11 is 0. The number of nitrogens with zero attached hydrogens (tertiary/aromatic N) is 4. The van der Waals surface area contributed by atoms with Gasteiger partial charge in [0.1, 0.15) is 29.2 Å². The van der Waals surface area contributed by atoms with Crippen LogP contribution in [0, 0.1) is 0 Å². The van der Waals surface area contributed by atoms with E-state index < -0.39 is 47.3 Å². The number of alkyl carbamates (subject to hydrolysis) is 1. The number of carbonyl (C=O) groups is 2. The molecule has 1 aromatic heterocycles. The number of nitrogens with one attached hydrogen (secondary N) is 1. The number of aromatic nitrogens is 2. The molecule has 11 nitrogen and oxygen atoms in total. The molecule has 0 aliphatic carbocycles. The minimum absolute atomic E-state index is 0.00453. The number of carbonyl (C=O) groups excluding carboxylic acids is 2. The number of aliphatic imine (C=N–C) groups is 1. The van der Waals surface area contributed by atoms with Crippen LogP contribution in [0.3, 0.4) is 0 Å². The second kappa shape index (κ2) is 15.8. The zero-order valence-corrected chi connectivity index (χ0v) is 28.0. The number of ether oxygens (including phenoxy) is 3. The number of likely N-dealkylation sites (tertiary alicyclic amines) is 1. The molecule has 262 valence electrons. The molecule has 15 heteroatoms. The van der Waals surface area contributed by atoms with E-state index >= 15 is 0 Å². The standard InChI is InChI=1S/C32H45F4N5O6/c1-8-9-10-11-12-13-16-44-24-15-14-20(17-22(24)32(34,35)36)25-37-26(47-40-25)23-18-21(33)19-41(23)27(38-28(42)45-30(2,3)4)39-29(43)46-31(5,6)7/h14-15,17,21,23H,8-13,16,18-19H2,1-7H3,(H,38,39,42,43)/t21-,23-/m0/s1. The normalized spacial score (nSPS) is 17.5. The van der Waals surface area contributed by atoms with E-state index in [9.17, 15) is 27.2 Å². The lowest BCUT2D eigenvalue weighted by Crippen LogP contribution is -2.46.